The molecule has 4 heterocycles. The van der Waals surface area contributed by atoms with Gasteiger partial charge in [0.1, 0.15) is 5.01 Å². The van der Waals surface area contributed by atoms with E-state index < -0.39 is 0 Å². The van der Waals surface area contributed by atoms with Crippen LogP contribution in [0, 0.1) is 0 Å². The van der Waals surface area contributed by atoms with E-state index in [1.807, 2.05) is 58.3 Å². The second kappa shape index (κ2) is 14.6. The van der Waals surface area contributed by atoms with Gasteiger partial charge < -0.3 is 0 Å². The number of thiazole rings is 1. The van der Waals surface area contributed by atoms with Crippen LogP contribution in [0.4, 0.5) is 0 Å². The maximum absolute atomic E-state index is 5.28. The van der Waals surface area contributed by atoms with E-state index in [1.165, 1.54) is 67.3 Å². The third-order valence-corrected chi connectivity index (χ3v) is 15.5. The van der Waals surface area contributed by atoms with Gasteiger partial charge in [-0.05, 0) is 69.4 Å². The molecule has 0 unspecified atom stereocenters. The zero-order valence-electron chi connectivity index (χ0n) is 33.5. The first-order chi connectivity index (χ1) is 31.2. The summed E-state index contributed by atoms with van der Waals surface area (Å²) in [7, 11) is 0. The van der Waals surface area contributed by atoms with Crippen molar-refractivity contribution in [2.75, 3.05) is 0 Å². The molecule has 4 aromatic heterocycles. The van der Waals surface area contributed by atoms with Gasteiger partial charge in [-0.15, -0.1) is 34.0 Å². The molecule has 4 nitrogen and oxygen atoms in total. The highest BCUT2D eigenvalue weighted by atomic mass is 32.1. The van der Waals surface area contributed by atoms with Crippen molar-refractivity contribution in [3.05, 3.63) is 194 Å². The van der Waals surface area contributed by atoms with Gasteiger partial charge in [-0.25, -0.2) is 19.9 Å². The molecule has 0 fully saturated rings. The smallest absolute Gasteiger partial charge is 0.164 e. The van der Waals surface area contributed by atoms with Gasteiger partial charge in [0.15, 0.2) is 17.5 Å². The molecule has 0 atom stereocenters. The highest BCUT2D eigenvalue weighted by Gasteiger charge is 2.20. The van der Waals surface area contributed by atoms with Crippen LogP contribution in [-0.2, 0) is 0 Å². The fourth-order valence-electron chi connectivity index (χ4n) is 8.98. The second-order valence-corrected chi connectivity index (χ2v) is 18.9. The topological polar surface area (TPSA) is 51.6 Å². The van der Waals surface area contributed by atoms with Gasteiger partial charge in [0, 0.05) is 62.6 Å². The summed E-state index contributed by atoms with van der Waals surface area (Å²) < 4.78 is 6.38. The van der Waals surface area contributed by atoms with Crippen LogP contribution in [0.2, 0.25) is 0 Å². The van der Waals surface area contributed by atoms with E-state index in [0.29, 0.717) is 17.5 Å². The normalized spacial score (nSPS) is 11.8. The molecular weight excluding hydrogens is 825 g/mol. The first kappa shape index (κ1) is 36.3. The average Bonchev–Trinajstić information content (AvgIpc) is 4.07. The lowest BCUT2D eigenvalue weighted by Gasteiger charge is -2.13. The van der Waals surface area contributed by atoms with Crippen molar-refractivity contribution < 1.29 is 0 Å². The minimum Gasteiger partial charge on any atom is -0.236 e. The molecule has 294 valence electrons. The third-order valence-electron chi connectivity index (χ3n) is 12.0. The Morgan fingerprint density at radius 1 is 0.286 bits per heavy atom. The molecule has 0 amide bonds. The summed E-state index contributed by atoms with van der Waals surface area (Å²) in [5, 5.41) is 8.44. The molecule has 0 radical (unpaired) electrons. The van der Waals surface area contributed by atoms with E-state index in [4.69, 9.17) is 19.9 Å². The fraction of sp³-hybridized carbons (Fsp3) is 0. The Labute approximate surface area is 374 Å². The zero-order chi connectivity index (χ0) is 41.4. The van der Waals surface area contributed by atoms with Crippen molar-refractivity contribution in [1.29, 1.82) is 0 Å². The van der Waals surface area contributed by atoms with Gasteiger partial charge >= 0.3 is 0 Å². The van der Waals surface area contributed by atoms with Crippen molar-refractivity contribution in [1.82, 2.24) is 19.9 Å². The Hall–Kier alpha value is -7.42. The predicted molar refractivity (Wildman–Crippen MR) is 269 cm³/mol. The molecule has 0 saturated heterocycles. The molecule has 0 spiro atoms. The van der Waals surface area contributed by atoms with Crippen LogP contribution in [0.15, 0.2) is 194 Å². The maximum Gasteiger partial charge on any atom is 0.164 e. The first-order valence-electron chi connectivity index (χ1n) is 20.9. The summed E-state index contributed by atoms with van der Waals surface area (Å²) in [5.41, 5.74) is 9.74. The summed E-state index contributed by atoms with van der Waals surface area (Å²) in [4.78, 5) is 20.6. The molecule has 0 N–H and O–H groups in total. The third kappa shape index (κ3) is 6.08. The van der Waals surface area contributed by atoms with Crippen molar-refractivity contribution in [3.63, 3.8) is 0 Å². The molecule has 7 heteroatoms. The molecule has 0 saturated carbocycles. The van der Waals surface area contributed by atoms with E-state index in [2.05, 4.69) is 170 Å². The van der Waals surface area contributed by atoms with Crippen molar-refractivity contribution >= 4 is 95.3 Å². The van der Waals surface area contributed by atoms with Gasteiger partial charge in [-0.1, -0.05) is 158 Å². The molecule has 0 aliphatic heterocycles. The molecule has 0 bridgehead atoms. The van der Waals surface area contributed by atoms with E-state index in [1.54, 1.807) is 0 Å². The summed E-state index contributed by atoms with van der Waals surface area (Å²) >= 11 is 5.52. The highest BCUT2D eigenvalue weighted by Crippen LogP contribution is 2.47. The van der Waals surface area contributed by atoms with Crippen LogP contribution in [-0.4, -0.2) is 19.9 Å². The number of aromatic nitrogens is 4. The summed E-state index contributed by atoms with van der Waals surface area (Å²) in [6.07, 6.45) is 0. The number of hydrogen-bond acceptors (Lipinski definition) is 7. The lowest BCUT2D eigenvalue weighted by Crippen LogP contribution is -2.00. The number of hydrogen-bond donors (Lipinski definition) is 0. The van der Waals surface area contributed by atoms with E-state index in [0.717, 1.165) is 43.6 Å². The van der Waals surface area contributed by atoms with Gasteiger partial charge in [-0.2, -0.15) is 0 Å². The fourth-order valence-corrected chi connectivity index (χ4v) is 12.6. The number of benzene rings is 9. The summed E-state index contributed by atoms with van der Waals surface area (Å²) in [5.74, 6) is 1.92. The molecule has 63 heavy (non-hydrogen) atoms. The van der Waals surface area contributed by atoms with Gasteiger partial charge in [-0.3, -0.25) is 0 Å². The van der Waals surface area contributed by atoms with Crippen LogP contribution in [0.1, 0.15) is 0 Å². The molecule has 13 rings (SSSR count). The Morgan fingerprint density at radius 2 is 0.857 bits per heavy atom. The molecular formula is C56H32N4S3. The predicted octanol–water partition coefficient (Wildman–Crippen LogP) is 16.4. The molecule has 13 aromatic rings. The Kier molecular flexibility index (Phi) is 8.40. The van der Waals surface area contributed by atoms with Crippen molar-refractivity contribution in [2.24, 2.45) is 0 Å². The standard InChI is InChI=1S/C56H32N4S3/c1-3-12-33(13-4-1)34-22-24-36(25-23-34)54-58-53(35-14-5-2-6-15-35)59-55(60-54)43-28-27-38(39-16-7-8-17-40(39)43)37-26-30-48-45(32-37)50-49(61-48)31-29-46-52(50)63-56(57-46)44-20-11-19-42-41-18-9-10-21-47(41)62-51(42)44/h1-32H. The maximum atomic E-state index is 5.28. The molecule has 0 aliphatic rings. The largest absolute Gasteiger partial charge is 0.236 e. The molecule has 9 aromatic carbocycles. The van der Waals surface area contributed by atoms with Crippen LogP contribution in [0.5, 0.6) is 0 Å². The Morgan fingerprint density at radius 3 is 1.65 bits per heavy atom. The van der Waals surface area contributed by atoms with Gasteiger partial charge in [0.2, 0.25) is 0 Å². The van der Waals surface area contributed by atoms with Crippen LogP contribution >= 0.6 is 34.0 Å². The molecule has 0 aliphatic carbocycles. The lowest BCUT2D eigenvalue weighted by atomic mass is 9.94. The highest BCUT2D eigenvalue weighted by molar-refractivity contribution is 7.29. The minimum atomic E-state index is 0.638. The van der Waals surface area contributed by atoms with E-state index >= 15 is 0 Å². The summed E-state index contributed by atoms with van der Waals surface area (Å²) in [6.45, 7) is 0. The first-order valence-corrected chi connectivity index (χ1v) is 23.3. The minimum absolute atomic E-state index is 0.638. The van der Waals surface area contributed by atoms with E-state index in [9.17, 15) is 0 Å². The van der Waals surface area contributed by atoms with E-state index in [-0.39, 0.29) is 0 Å². The zero-order valence-corrected chi connectivity index (χ0v) is 35.9. The van der Waals surface area contributed by atoms with Crippen molar-refractivity contribution in [2.45, 2.75) is 0 Å². The number of nitrogens with zero attached hydrogens (tertiary/aromatic N) is 4. The van der Waals surface area contributed by atoms with Crippen LogP contribution in [0.3, 0.4) is 0 Å². The Balaban J connectivity index is 0.936. The number of thiophene rings is 2. The Bertz CT molecular complexity index is 3910. The second-order valence-electron chi connectivity index (χ2n) is 15.7. The quantitative estimate of drug-likeness (QED) is 0.167. The van der Waals surface area contributed by atoms with Crippen LogP contribution in [0.25, 0.3) is 128 Å². The summed E-state index contributed by atoms with van der Waals surface area (Å²) in [6, 6.07) is 68.9. The number of rotatable bonds is 6. The monoisotopic (exact) mass is 856 g/mol. The van der Waals surface area contributed by atoms with Gasteiger partial charge in [0.25, 0.3) is 0 Å². The lowest BCUT2D eigenvalue weighted by molar-refractivity contribution is 1.08. The van der Waals surface area contributed by atoms with Crippen LogP contribution < -0.4 is 0 Å². The average molecular weight is 857 g/mol. The SMILES string of the molecule is c1ccc(-c2ccc(-c3nc(-c4ccccc4)nc(-c4ccc(-c5ccc6sc7ccc8nc(-c9cccc%10c9sc9ccccc9%10)sc8c7c6c5)c5ccccc45)n3)cc2)cc1. The number of fused-ring (bicyclic) bond motifs is 9. The van der Waals surface area contributed by atoms with Crippen molar-refractivity contribution in [3.8, 4) is 67.0 Å². The van der Waals surface area contributed by atoms with Gasteiger partial charge in [0.05, 0.1) is 10.2 Å².